The Hall–Kier alpha value is -8.08. The summed E-state index contributed by atoms with van der Waals surface area (Å²) in [5.74, 6) is 0. The number of nitrogen functional groups attached to an aromatic ring is 2. The molecule has 0 saturated heterocycles. The number of pyridine rings is 2. The van der Waals surface area contributed by atoms with Gasteiger partial charge in [0.2, 0.25) is 34.2 Å². The molecular formula is C58H46Cl2N4O8. The van der Waals surface area contributed by atoms with Gasteiger partial charge in [-0.3, -0.25) is 0 Å². The number of hydrogen-bond donors (Lipinski definition) is 2. The molecule has 8 aromatic carbocycles. The smallest absolute Gasteiger partial charge is 0.219 e. The monoisotopic (exact) mass is 996 g/mol. The number of nitrogens with zero attached hydrogens (tertiary/aromatic N) is 2. The molecule has 4 N–H and O–H groups in total. The van der Waals surface area contributed by atoms with E-state index in [2.05, 4.69) is 240 Å². The lowest BCUT2D eigenvalue weighted by Crippen LogP contribution is -2.68. The maximum absolute atomic E-state index is 8.49. The zero-order valence-corrected chi connectivity index (χ0v) is 39.8. The molecule has 0 spiro atoms. The van der Waals surface area contributed by atoms with Crippen molar-refractivity contribution in [3.8, 4) is 78.7 Å². The van der Waals surface area contributed by atoms with Crippen LogP contribution in [-0.4, -0.2) is 0 Å². The van der Waals surface area contributed by atoms with Gasteiger partial charge in [0, 0.05) is 82.2 Å². The van der Waals surface area contributed by atoms with Crippen LogP contribution in [0.3, 0.4) is 0 Å². The predicted molar refractivity (Wildman–Crippen MR) is 257 cm³/mol. The molecule has 0 radical (unpaired) electrons. The van der Waals surface area contributed by atoms with Crippen molar-refractivity contribution in [2.75, 3.05) is 11.5 Å². The highest BCUT2D eigenvalue weighted by Gasteiger charge is 2.26. The summed E-state index contributed by atoms with van der Waals surface area (Å²) >= 11 is 0. The second kappa shape index (κ2) is 24.2. The first-order valence-electron chi connectivity index (χ1n) is 22.1. The summed E-state index contributed by atoms with van der Waals surface area (Å²) < 4.78 is 72.6. The van der Waals surface area contributed by atoms with Crippen molar-refractivity contribution in [3.63, 3.8) is 0 Å². The van der Waals surface area contributed by atoms with Crippen molar-refractivity contribution in [1.82, 2.24) is 0 Å². The van der Waals surface area contributed by atoms with E-state index in [1.807, 2.05) is 24.3 Å². The summed E-state index contributed by atoms with van der Waals surface area (Å²) in [4.78, 5) is 0. The Bertz CT molecular complexity index is 2910. The fraction of sp³-hybridized carbons (Fsp3) is 0. The van der Waals surface area contributed by atoms with Crippen molar-refractivity contribution in [1.29, 1.82) is 0 Å². The van der Waals surface area contributed by atoms with Crippen LogP contribution < -0.4 is 57.9 Å². The van der Waals surface area contributed by atoms with E-state index < -0.39 is 20.5 Å². The number of aromatic nitrogens is 2. The Labute approximate surface area is 421 Å². The van der Waals surface area contributed by atoms with Crippen LogP contribution in [0.1, 0.15) is 0 Å². The fourth-order valence-electron chi connectivity index (χ4n) is 7.87. The third-order valence-corrected chi connectivity index (χ3v) is 10.9. The number of benzene rings is 8. The molecular weight excluding hydrogens is 952 g/mol. The maximum atomic E-state index is 8.49. The standard InChI is InChI=1S/2C29H23N2.2ClHO4/c2*30-26-16-18-27(19-17-26)31-28(23-12-6-2-7-13-23)20-25(22-10-4-1-5-11-22)21-29(31)24-14-8-3-9-15-24;2*2-1(3,4)5/h2*1-21H,30H2;2*(H,2,3,4,5)/q2*+1;;/p-2. The number of anilines is 2. The maximum Gasteiger partial charge on any atom is 0.219 e. The molecule has 10 aromatic rings. The summed E-state index contributed by atoms with van der Waals surface area (Å²) in [6, 6.07) is 88.5. The Morgan fingerprint density at radius 2 is 0.417 bits per heavy atom. The van der Waals surface area contributed by atoms with Crippen molar-refractivity contribution >= 4 is 11.4 Å². The zero-order chi connectivity index (χ0) is 51.1. The zero-order valence-electron chi connectivity index (χ0n) is 38.3. The van der Waals surface area contributed by atoms with E-state index in [1.165, 1.54) is 22.3 Å². The minimum atomic E-state index is -4.94. The van der Waals surface area contributed by atoms with E-state index in [0.29, 0.717) is 0 Å². The Kier molecular flexibility index (Phi) is 17.4. The Morgan fingerprint density at radius 3 is 0.611 bits per heavy atom. The van der Waals surface area contributed by atoms with Gasteiger partial charge >= 0.3 is 0 Å². The largest absolute Gasteiger partial charge is 0.399 e. The molecule has 0 saturated carbocycles. The first kappa shape index (κ1) is 51.8. The first-order valence-corrected chi connectivity index (χ1v) is 24.5. The summed E-state index contributed by atoms with van der Waals surface area (Å²) in [5, 5.41) is 0. The van der Waals surface area contributed by atoms with Gasteiger partial charge in [-0.15, -0.1) is 20.5 Å². The summed E-state index contributed by atoms with van der Waals surface area (Å²) in [6.07, 6.45) is 0. The van der Waals surface area contributed by atoms with Gasteiger partial charge in [-0.2, -0.15) is 9.13 Å². The second-order valence-electron chi connectivity index (χ2n) is 15.8. The Balaban J connectivity index is 0.000000178. The average Bonchev–Trinajstić information content (AvgIpc) is 3.39. The van der Waals surface area contributed by atoms with Crippen LogP contribution in [0, 0.1) is 20.5 Å². The Morgan fingerprint density at radius 1 is 0.236 bits per heavy atom. The van der Waals surface area contributed by atoms with E-state index in [-0.39, 0.29) is 0 Å². The van der Waals surface area contributed by atoms with E-state index in [0.717, 1.165) is 67.8 Å². The molecule has 0 fully saturated rings. The van der Waals surface area contributed by atoms with Crippen molar-refractivity contribution in [3.05, 3.63) is 255 Å². The van der Waals surface area contributed by atoms with E-state index in [4.69, 9.17) is 48.7 Å². The van der Waals surface area contributed by atoms with Gasteiger partial charge in [0.25, 0.3) is 0 Å². The predicted octanol–water partition coefficient (Wildman–Crippen LogP) is 3.58. The van der Waals surface area contributed by atoms with Gasteiger partial charge in [0.05, 0.1) is 0 Å². The van der Waals surface area contributed by atoms with Crippen LogP contribution in [0.2, 0.25) is 0 Å². The molecule has 72 heavy (non-hydrogen) atoms. The second-order valence-corrected chi connectivity index (χ2v) is 17.3. The molecule has 0 aliphatic rings. The van der Waals surface area contributed by atoms with E-state index in [1.54, 1.807) is 0 Å². The summed E-state index contributed by atoms with van der Waals surface area (Å²) in [6.45, 7) is 0. The number of halogens is 2. The highest BCUT2D eigenvalue weighted by molar-refractivity contribution is 5.76. The van der Waals surface area contributed by atoms with Gasteiger partial charge in [-0.1, -0.05) is 133 Å². The quantitative estimate of drug-likeness (QED) is 0.166. The minimum absolute atomic E-state index is 0.757. The third-order valence-electron chi connectivity index (χ3n) is 10.9. The molecule has 10 rings (SSSR count). The number of hydrogen-bond acceptors (Lipinski definition) is 10. The van der Waals surface area contributed by atoms with Gasteiger partial charge in [-0.25, -0.2) is 37.3 Å². The molecule has 0 aliphatic heterocycles. The molecule has 0 bridgehead atoms. The van der Waals surface area contributed by atoms with Crippen LogP contribution >= 0.6 is 0 Å². The fourth-order valence-corrected chi connectivity index (χ4v) is 7.87. The van der Waals surface area contributed by atoms with Crippen LogP contribution in [0.25, 0.3) is 78.7 Å². The average molecular weight is 998 g/mol. The van der Waals surface area contributed by atoms with Crippen molar-refractivity contribution in [2.24, 2.45) is 0 Å². The lowest BCUT2D eigenvalue weighted by molar-refractivity contribution is -2.00. The number of rotatable bonds is 8. The van der Waals surface area contributed by atoms with Crippen LogP contribution in [0.4, 0.5) is 11.4 Å². The minimum Gasteiger partial charge on any atom is -0.399 e. The normalized spacial score (nSPS) is 10.9. The van der Waals surface area contributed by atoms with Gasteiger partial charge in [0.1, 0.15) is 0 Å². The van der Waals surface area contributed by atoms with Crippen LogP contribution in [0.15, 0.2) is 255 Å². The van der Waals surface area contributed by atoms with E-state index >= 15 is 0 Å². The van der Waals surface area contributed by atoms with Crippen molar-refractivity contribution in [2.45, 2.75) is 0 Å². The highest BCUT2D eigenvalue weighted by Crippen LogP contribution is 2.32. The SMILES string of the molecule is Nc1ccc(-[n+]2c(-c3ccccc3)cc(-c3ccccc3)cc2-c2ccccc2)cc1.Nc1ccc(-[n+]2c(-c3ccccc3)cc(-c3ccccc3)cc2-c2ccccc2)cc1.[O-][Cl+3]([O-])([O-])[O-].[O-][Cl+3]([O-])([O-])[O-]. The topological polar surface area (TPSA) is 244 Å². The molecule has 12 nitrogen and oxygen atoms in total. The third kappa shape index (κ3) is 15.0. The lowest BCUT2D eigenvalue weighted by Gasteiger charge is -2.17. The summed E-state index contributed by atoms with van der Waals surface area (Å²) in [7, 11) is -9.89. The van der Waals surface area contributed by atoms with Gasteiger partial charge in [-0.05, 0) is 95.1 Å². The molecule has 0 aliphatic carbocycles. The van der Waals surface area contributed by atoms with Crippen molar-refractivity contribution < 1.29 is 66.9 Å². The van der Waals surface area contributed by atoms with Crippen LogP contribution in [-0.2, 0) is 0 Å². The van der Waals surface area contributed by atoms with Gasteiger partial charge in [0.15, 0.2) is 0 Å². The molecule has 14 heteroatoms. The molecule has 2 aromatic heterocycles. The lowest BCUT2D eigenvalue weighted by atomic mass is 9.98. The van der Waals surface area contributed by atoms with E-state index in [9.17, 15) is 0 Å². The van der Waals surface area contributed by atoms with Gasteiger partial charge < -0.3 is 11.5 Å². The van der Waals surface area contributed by atoms with Crippen LogP contribution in [0.5, 0.6) is 0 Å². The number of nitrogens with two attached hydrogens (primary N) is 2. The highest BCUT2D eigenvalue weighted by atomic mass is 35.7. The molecule has 2 heterocycles. The molecule has 0 atom stereocenters. The molecule has 0 unspecified atom stereocenters. The summed E-state index contributed by atoms with van der Waals surface area (Å²) in [5.41, 5.74) is 29.6. The molecule has 360 valence electrons. The molecule has 0 amide bonds. The first-order chi connectivity index (χ1) is 34.6.